The molecule has 96 valence electrons. The van der Waals surface area contributed by atoms with E-state index in [4.69, 9.17) is 10.6 Å². The highest BCUT2D eigenvalue weighted by molar-refractivity contribution is 7.07. The third-order valence-corrected chi connectivity index (χ3v) is 3.75. The summed E-state index contributed by atoms with van der Waals surface area (Å²) in [6.07, 6.45) is 1.96. The molecule has 3 nitrogen and oxygen atoms in total. The molecule has 2 aromatic rings. The summed E-state index contributed by atoms with van der Waals surface area (Å²) >= 11 is 1.73. The zero-order valence-corrected chi connectivity index (χ0v) is 11.2. The Kier molecular flexibility index (Phi) is 4.75. The summed E-state index contributed by atoms with van der Waals surface area (Å²) in [7, 11) is 1.69. The number of hydrogen-bond acceptors (Lipinski definition) is 4. The highest BCUT2D eigenvalue weighted by atomic mass is 32.1. The molecule has 0 bridgehead atoms. The molecule has 1 aromatic heterocycles. The van der Waals surface area contributed by atoms with E-state index in [2.05, 4.69) is 28.3 Å². The number of rotatable bonds is 6. The number of methoxy groups -OCH3 is 1. The minimum Gasteiger partial charge on any atom is -0.496 e. The molecular weight excluding hydrogens is 244 g/mol. The maximum Gasteiger partial charge on any atom is 0.123 e. The quantitative estimate of drug-likeness (QED) is 0.621. The first-order valence-corrected chi connectivity index (χ1v) is 6.89. The Hall–Kier alpha value is -1.36. The molecule has 0 radical (unpaired) electrons. The Morgan fingerprint density at radius 3 is 2.83 bits per heavy atom. The number of ether oxygens (including phenoxy) is 1. The molecule has 1 heterocycles. The normalized spacial score (nSPS) is 12.3. The molecule has 3 N–H and O–H groups in total. The van der Waals surface area contributed by atoms with Gasteiger partial charge in [-0.25, -0.2) is 0 Å². The van der Waals surface area contributed by atoms with Gasteiger partial charge in [-0.1, -0.05) is 18.2 Å². The van der Waals surface area contributed by atoms with E-state index in [0.717, 1.165) is 24.2 Å². The van der Waals surface area contributed by atoms with E-state index < -0.39 is 0 Å². The van der Waals surface area contributed by atoms with Crippen molar-refractivity contribution in [2.24, 2.45) is 5.84 Å². The number of nitrogens with two attached hydrogens (primary N) is 1. The van der Waals surface area contributed by atoms with Crippen LogP contribution < -0.4 is 16.0 Å². The van der Waals surface area contributed by atoms with Crippen LogP contribution in [-0.2, 0) is 6.42 Å². The van der Waals surface area contributed by atoms with E-state index in [1.54, 1.807) is 18.4 Å². The highest BCUT2D eigenvalue weighted by Crippen LogP contribution is 2.27. The van der Waals surface area contributed by atoms with Crippen LogP contribution in [-0.4, -0.2) is 7.11 Å². The SMILES string of the molecule is COc1ccccc1C(CCc1ccsc1)NN. The summed E-state index contributed by atoms with van der Waals surface area (Å²) in [6, 6.07) is 10.3. The Morgan fingerprint density at radius 1 is 1.33 bits per heavy atom. The van der Waals surface area contributed by atoms with Gasteiger partial charge in [0.1, 0.15) is 5.75 Å². The van der Waals surface area contributed by atoms with Crippen molar-refractivity contribution >= 4 is 11.3 Å². The maximum absolute atomic E-state index is 5.66. The van der Waals surface area contributed by atoms with Crippen molar-refractivity contribution in [3.63, 3.8) is 0 Å². The van der Waals surface area contributed by atoms with E-state index in [-0.39, 0.29) is 6.04 Å². The van der Waals surface area contributed by atoms with Gasteiger partial charge in [0.15, 0.2) is 0 Å². The van der Waals surface area contributed by atoms with Crippen molar-refractivity contribution in [3.05, 3.63) is 52.2 Å². The van der Waals surface area contributed by atoms with Crippen LogP contribution in [0.2, 0.25) is 0 Å². The van der Waals surface area contributed by atoms with Crippen LogP contribution in [0.1, 0.15) is 23.6 Å². The third kappa shape index (κ3) is 3.10. The Balaban J connectivity index is 2.08. The molecule has 0 saturated carbocycles. The van der Waals surface area contributed by atoms with Crippen molar-refractivity contribution in [2.75, 3.05) is 7.11 Å². The first-order valence-electron chi connectivity index (χ1n) is 5.95. The number of para-hydroxylation sites is 1. The van der Waals surface area contributed by atoms with Gasteiger partial charge in [0, 0.05) is 11.6 Å². The molecule has 0 aliphatic rings. The zero-order chi connectivity index (χ0) is 12.8. The van der Waals surface area contributed by atoms with Crippen molar-refractivity contribution < 1.29 is 4.74 Å². The second-order valence-electron chi connectivity index (χ2n) is 4.13. The first-order chi connectivity index (χ1) is 8.85. The fourth-order valence-corrected chi connectivity index (χ4v) is 2.73. The van der Waals surface area contributed by atoms with Crippen molar-refractivity contribution in [2.45, 2.75) is 18.9 Å². The predicted molar refractivity (Wildman–Crippen MR) is 75.7 cm³/mol. The fraction of sp³-hybridized carbons (Fsp3) is 0.286. The van der Waals surface area contributed by atoms with Gasteiger partial charge < -0.3 is 4.74 Å². The third-order valence-electron chi connectivity index (χ3n) is 3.02. The van der Waals surface area contributed by atoms with Gasteiger partial charge in [-0.2, -0.15) is 11.3 Å². The molecule has 0 saturated heterocycles. The molecule has 1 atom stereocenters. The molecule has 0 aliphatic heterocycles. The van der Waals surface area contributed by atoms with Crippen LogP contribution in [0.25, 0.3) is 0 Å². The van der Waals surface area contributed by atoms with Crippen LogP contribution >= 0.6 is 11.3 Å². The first kappa shape index (κ1) is 13.1. The van der Waals surface area contributed by atoms with Crippen LogP contribution in [0.5, 0.6) is 5.75 Å². The smallest absolute Gasteiger partial charge is 0.123 e. The summed E-state index contributed by atoms with van der Waals surface area (Å²) in [5.41, 5.74) is 5.34. The molecule has 4 heteroatoms. The minimum absolute atomic E-state index is 0.112. The molecule has 1 unspecified atom stereocenters. The number of thiophene rings is 1. The molecule has 2 rings (SSSR count). The molecule has 18 heavy (non-hydrogen) atoms. The highest BCUT2D eigenvalue weighted by Gasteiger charge is 2.14. The minimum atomic E-state index is 0.112. The molecule has 0 aliphatic carbocycles. The summed E-state index contributed by atoms with van der Waals surface area (Å²) in [6.45, 7) is 0. The number of aryl methyl sites for hydroxylation is 1. The van der Waals surface area contributed by atoms with Crippen molar-refractivity contribution in [1.82, 2.24) is 5.43 Å². The van der Waals surface area contributed by atoms with E-state index in [9.17, 15) is 0 Å². The molecule has 0 spiro atoms. The van der Waals surface area contributed by atoms with Gasteiger partial charge in [-0.15, -0.1) is 0 Å². The Labute approximate surface area is 112 Å². The number of hydrogen-bond donors (Lipinski definition) is 2. The van der Waals surface area contributed by atoms with Gasteiger partial charge in [-0.3, -0.25) is 11.3 Å². The summed E-state index contributed by atoms with van der Waals surface area (Å²) < 4.78 is 5.37. The zero-order valence-electron chi connectivity index (χ0n) is 10.4. The number of nitrogens with one attached hydrogen (secondary N) is 1. The lowest BCUT2D eigenvalue weighted by Crippen LogP contribution is -2.28. The maximum atomic E-state index is 5.66. The Morgan fingerprint density at radius 2 is 2.17 bits per heavy atom. The molecule has 0 amide bonds. The molecular formula is C14H18N2OS. The van der Waals surface area contributed by atoms with Gasteiger partial charge in [-0.05, 0) is 41.3 Å². The lowest BCUT2D eigenvalue weighted by molar-refractivity contribution is 0.396. The average molecular weight is 262 g/mol. The van der Waals surface area contributed by atoms with E-state index >= 15 is 0 Å². The predicted octanol–water partition coefficient (Wildman–Crippen LogP) is 2.89. The number of benzene rings is 1. The van der Waals surface area contributed by atoms with Crippen LogP contribution in [0.4, 0.5) is 0 Å². The van der Waals surface area contributed by atoms with E-state index in [1.807, 2.05) is 18.2 Å². The van der Waals surface area contributed by atoms with Crippen molar-refractivity contribution in [3.8, 4) is 5.75 Å². The lowest BCUT2D eigenvalue weighted by Gasteiger charge is -2.18. The molecule has 0 fully saturated rings. The second kappa shape index (κ2) is 6.54. The van der Waals surface area contributed by atoms with Crippen LogP contribution in [0, 0.1) is 0 Å². The topological polar surface area (TPSA) is 47.3 Å². The average Bonchev–Trinajstić information content (AvgIpc) is 2.93. The van der Waals surface area contributed by atoms with Crippen LogP contribution in [0.3, 0.4) is 0 Å². The summed E-state index contributed by atoms with van der Waals surface area (Å²) in [5.74, 6) is 6.55. The monoisotopic (exact) mass is 262 g/mol. The fourth-order valence-electron chi connectivity index (χ4n) is 2.03. The molecule has 1 aromatic carbocycles. The van der Waals surface area contributed by atoms with Gasteiger partial charge >= 0.3 is 0 Å². The van der Waals surface area contributed by atoms with Crippen molar-refractivity contribution in [1.29, 1.82) is 0 Å². The number of hydrazine groups is 1. The summed E-state index contributed by atoms with van der Waals surface area (Å²) in [5, 5.41) is 4.28. The van der Waals surface area contributed by atoms with E-state index in [1.165, 1.54) is 5.56 Å². The largest absolute Gasteiger partial charge is 0.496 e. The van der Waals surface area contributed by atoms with E-state index in [0.29, 0.717) is 0 Å². The standard InChI is InChI=1S/C14H18N2OS/c1-17-14-5-3-2-4-12(14)13(16-15)7-6-11-8-9-18-10-11/h2-5,8-10,13,16H,6-7,15H2,1H3. The van der Waals surface area contributed by atoms with Gasteiger partial charge in [0.25, 0.3) is 0 Å². The lowest BCUT2D eigenvalue weighted by atomic mass is 10.00. The van der Waals surface area contributed by atoms with Gasteiger partial charge in [0.2, 0.25) is 0 Å². The van der Waals surface area contributed by atoms with Gasteiger partial charge in [0.05, 0.1) is 7.11 Å². The Bertz CT molecular complexity index is 470. The summed E-state index contributed by atoms with van der Waals surface area (Å²) in [4.78, 5) is 0. The second-order valence-corrected chi connectivity index (χ2v) is 4.91. The van der Waals surface area contributed by atoms with Crippen LogP contribution in [0.15, 0.2) is 41.1 Å².